The maximum atomic E-state index is 11.7. The summed E-state index contributed by atoms with van der Waals surface area (Å²) >= 11 is 0. The van der Waals surface area contributed by atoms with Gasteiger partial charge in [-0.1, -0.05) is 5.16 Å². The molecule has 0 spiro atoms. The Morgan fingerprint density at radius 1 is 1.68 bits per heavy atom. The number of carbonyl (C=O) groups is 1. The van der Waals surface area contributed by atoms with Crippen LogP contribution in [0.3, 0.4) is 0 Å². The lowest BCUT2D eigenvalue weighted by atomic mass is 10.1. The number of halogens is 1. The van der Waals surface area contributed by atoms with Crippen LogP contribution in [-0.4, -0.2) is 41.6 Å². The van der Waals surface area contributed by atoms with Gasteiger partial charge in [0.2, 0.25) is 5.91 Å². The van der Waals surface area contributed by atoms with Crippen molar-refractivity contribution < 1.29 is 9.32 Å². The van der Waals surface area contributed by atoms with Crippen LogP contribution in [0.15, 0.2) is 10.6 Å². The van der Waals surface area contributed by atoms with Crippen molar-refractivity contribution in [2.45, 2.75) is 32.2 Å². The first kappa shape index (κ1) is 15.9. The summed E-state index contributed by atoms with van der Waals surface area (Å²) in [5, 5.41) is 6.43. The molecule has 6 nitrogen and oxygen atoms in total. The van der Waals surface area contributed by atoms with Gasteiger partial charge >= 0.3 is 0 Å². The van der Waals surface area contributed by atoms with Gasteiger partial charge in [-0.3, -0.25) is 4.79 Å². The Hall–Kier alpha value is -1.11. The zero-order valence-electron chi connectivity index (χ0n) is 11.1. The highest BCUT2D eigenvalue weighted by Gasteiger charge is 2.17. The van der Waals surface area contributed by atoms with Gasteiger partial charge < -0.3 is 20.5 Å². The molecule has 1 aliphatic heterocycles. The number of nitrogens with zero attached hydrogens (tertiary/aromatic N) is 2. The Balaban J connectivity index is 0.00000180. The van der Waals surface area contributed by atoms with Crippen LogP contribution in [0.4, 0.5) is 5.82 Å². The van der Waals surface area contributed by atoms with Crippen LogP contribution in [0.25, 0.3) is 0 Å². The van der Waals surface area contributed by atoms with Gasteiger partial charge in [-0.2, -0.15) is 0 Å². The monoisotopic (exact) mass is 288 g/mol. The van der Waals surface area contributed by atoms with E-state index in [0.29, 0.717) is 18.0 Å². The van der Waals surface area contributed by atoms with Gasteiger partial charge in [0.1, 0.15) is 5.76 Å². The highest BCUT2D eigenvalue weighted by Crippen LogP contribution is 2.10. The average Bonchev–Trinajstić information content (AvgIpc) is 2.72. The predicted octanol–water partition coefficient (Wildman–Crippen LogP) is 1.16. The second-order valence-corrected chi connectivity index (χ2v) is 4.82. The Labute approximate surface area is 119 Å². The normalized spacial score (nSPS) is 19.8. The van der Waals surface area contributed by atoms with Gasteiger partial charge in [0.25, 0.3) is 0 Å². The molecule has 0 saturated carbocycles. The minimum absolute atomic E-state index is 0. The van der Waals surface area contributed by atoms with E-state index >= 15 is 0 Å². The topological polar surface area (TPSA) is 84.4 Å². The van der Waals surface area contributed by atoms with E-state index in [-0.39, 0.29) is 24.4 Å². The number of aryl methyl sites for hydroxylation is 1. The smallest absolute Gasteiger partial charge is 0.226 e. The van der Waals surface area contributed by atoms with Gasteiger partial charge in [-0.15, -0.1) is 12.4 Å². The Bertz CT molecular complexity index is 410. The van der Waals surface area contributed by atoms with Crippen LogP contribution >= 0.6 is 12.4 Å². The molecule has 2 heterocycles. The van der Waals surface area contributed by atoms with E-state index in [9.17, 15) is 4.79 Å². The molecule has 1 aromatic rings. The van der Waals surface area contributed by atoms with Crippen LogP contribution in [0.2, 0.25) is 0 Å². The second-order valence-electron chi connectivity index (χ2n) is 4.82. The van der Waals surface area contributed by atoms with Crippen molar-refractivity contribution in [2.75, 3.05) is 25.0 Å². The Morgan fingerprint density at radius 2 is 2.47 bits per heavy atom. The van der Waals surface area contributed by atoms with Gasteiger partial charge in [-0.05, 0) is 26.3 Å². The van der Waals surface area contributed by atoms with Crippen molar-refractivity contribution in [2.24, 2.45) is 5.73 Å². The Morgan fingerprint density at radius 3 is 3.11 bits per heavy atom. The number of amides is 1. The molecule has 0 aromatic carbocycles. The first-order chi connectivity index (χ1) is 8.63. The summed E-state index contributed by atoms with van der Waals surface area (Å²) in [6, 6.07) is 1.95. The second kappa shape index (κ2) is 7.47. The summed E-state index contributed by atoms with van der Waals surface area (Å²) in [6.07, 6.45) is 2.66. The van der Waals surface area contributed by atoms with Crippen molar-refractivity contribution in [3.63, 3.8) is 0 Å². The molecule has 1 aromatic heterocycles. The van der Waals surface area contributed by atoms with E-state index in [1.807, 2.05) is 0 Å². The van der Waals surface area contributed by atoms with Crippen molar-refractivity contribution in [1.82, 2.24) is 10.1 Å². The molecule has 7 heteroatoms. The molecule has 3 N–H and O–H groups in total. The molecule has 0 aliphatic carbocycles. The number of aromatic nitrogens is 1. The molecule has 1 atom stereocenters. The molecular weight excluding hydrogens is 268 g/mol. The van der Waals surface area contributed by atoms with Crippen molar-refractivity contribution in [1.29, 1.82) is 0 Å². The number of nitrogens with two attached hydrogens (primary N) is 1. The lowest BCUT2D eigenvalue weighted by Crippen LogP contribution is -2.43. The lowest BCUT2D eigenvalue weighted by molar-refractivity contribution is -0.116. The number of rotatable bonds is 4. The number of likely N-dealkylation sites (tertiary alicyclic amines) is 1. The summed E-state index contributed by atoms with van der Waals surface area (Å²) in [6.45, 7) is 4.45. The summed E-state index contributed by atoms with van der Waals surface area (Å²) in [4.78, 5) is 13.9. The summed E-state index contributed by atoms with van der Waals surface area (Å²) in [5.74, 6) is 1.13. The van der Waals surface area contributed by atoms with Crippen LogP contribution in [0.1, 0.15) is 25.0 Å². The van der Waals surface area contributed by atoms with E-state index < -0.39 is 0 Å². The molecule has 0 radical (unpaired) electrons. The number of nitrogens with one attached hydrogen (secondary N) is 1. The first-order valence-corrected chi connectivity index (χ1v) is 6.34. The molecule has 108 valence electrons. The number of hydrogen-bond donors (Lipinski definition) is 2. The van der Waals surface area contributed by atoms with Crippen molar-refractivity contribution in [3.8, 4) is 0 Å². The predicted molar refractivity (Wildman–Crippen MR) is 75.4 cm³/mol. The molecular formula is C12H21ClN4O2. The lowest BCUT2D eigenvalue weighted by Gasteiger charge is -2.30. The molecule has 2 rings (SSSR count). The number of hydrogen-bond acceptors (Lipinski definition) is 5. The Kier molecular flexibility index (Phi) is 6.27. The summed E-state index contributed by atoms with van der Waals surface area (Å²) in [5.41, 5.74) is 5.89. The van der Waals surface area contributed by atoms with Gasteiger partial charge in [-0.25, -0.2) is 0 Å². The largest absolute Gasteiger partial charge is 0.360 e. The molecule has 1 aliphatic rings. The first-order valence-electron chi connectivity index (χ1n) is 6.34. The van der Waals surface area contributed by atoms with Crippen LogP contribution < -0.4 is 11.1 Å². The highest BCUT2D eigenvalue weighted by atomic mass is 35.5. The van der Waals surface area contributed by atoms with Gasteiger partial charge in [0.15, 0.2) is 5.82 Å². The quantitative estimate of drug-likeness (QED) is 0.868. The van der Waals surface area contributed by atoms with E-state index in [2.05, 4.69) is 15.4 Å². The minimum Gasteiger partial charge on any atom is -0.360 e. The molecule has 1 unspecified atom stereocenters. The third-order valence-corrected chi connectivity index (χ3v) is 3.09. The van der Waals surface area contributed by atoms with Crippen LogP contribution in [0, 0.1) is 6.92 Å². The van der Waals surface area contributed by atoms with E-state index in [1.165, 1.54) is 0 Å². The fourth-order valence-corrected chi connectivity index (χ4v) is 2.18. The standard InChI is InChI=1S/C12H20N4O2.ClH/c1-9-7-11(15-18-9)14-12(17)4-6-16-5-2-3-10(13)8-16;/h7,10H,2-6,8,13H2,1H3,(H,14,15,17);1H. The fourth-order valence-electron chi connectivity index (χ4n) is 2.18. The van der Waals surface area contributed by atoms with Crippen LogP contribution in [0.5, 0.6) is 0 Å². The van der Waals surface area contributed by atoms with Gasteiger partial charge in [0.05, 0.1) is 0 Å². The number of piperidine rings is 1. The maximum Gasteiger partial charge on any atom is 0.226 e. The number of carbonyl (C=O) groups excluding carboxylic acids is 1. The van der Waals surface area contributed by atoms with E-state index in [1.54, 1.807) is 13.0 Å². The van der Waals surface area contributed by atoms with Crippen LogP contribution in [-0.2, 0) is 4.79 Å². The fraction of sp³-hybridized carbons (Fsp3) is 0.667. The zero-order valence-corrected chi connectivity index (χ0v) is 11.9. The summed E-state index contributed by atoms with van der Waals surface area (Å²) < 4.78 is 4.88. The zero-order chi connectivity index (χ0) is 13.0. The SMILES string of the molecule is Cc1cc(NC(=O)CCN2CCCC(N)C2)no1.Cl. The third kappa shape index (κ3) is 5.18. The molecule has 1 amide bonds. The highest BCUT2D eigenvalue weighted by molar-refractivity contribution is 5.89. The van der Waals surface area contributed by atoms with E-state index in [4.69, 9.17) is 10.3 Å². The minimum atomic E-state index is -0.0394. The summed E-state index contributed by atoms with van der Waals surface area (Å²) in [7, 11) is 0. The van der Waals surface area contributed by atoms with Crippen molar-refractivity contribution in [3.05, 3.63) is 11.8 Å². The molecule has 0 bridgehead atoms. The van der Waals surface area contributed by atoms with E-state index in [0.717, 1.165) is 32.5 Å². The van der Waals surface area contributed by atoms with Gasteiger partial charge in [0, 0.05) is 31.6 Å². The molecule has 19 heavy (non-hydrogen) atoms. The van der Waals surface area contributed by atoms with Crippen molar-refractivity contribution >= 4 is 24.1 Å². The third-order valence-electron chi connectivity index (χ3n) is 3.09. The maximum absolute atomic E-state index is 11.7. The average molecular weight is 289 g/mol. The number of anilines is 1. The molecule has 1 fully saturated rings. The molecule has 1 saturated heterocycles.